The second kappa shape index (κ2) is 6.75. The van der Waals surface area contributed by atoms with Crippen molar-refractivity contribution in [2.75, 3.05) is 13.7 Å². The van der Waals surface area contributed by atoms with Crippen molar-refractivity contribution < 1.29 is 9.53 Å². The third-order valence-electron chi connectivity index (χ3n) is 3.19. The number of nitrogens with zero attached hydrogens (tertiary/aromatic N) is 1. The van der Waals surface area contributed by atoms with Gasteiger partial charge in [-0.3, -0.25) is 9.89 Å². The molecular formula is C15H19N3O2. The summed E-state index contributed by atoms with van der Waals surface area (Å²) in [5, 5.41) is 9.79. The maximum Gasteiger partial charge on any atom is 0.251 e. The van der Waals surface area contributed by atoms with E-state index in [9.17, 15) is 4.79 Å². The maximum atomic E-state index is 11.9. The summed E-state index contributed by atoms with van der Waals surface area (Å²) in [7, 11) is 1.60. The highest BCUT2D eigenvalue weighted by Crippen LogP contribution is 2.11. The standard InChI is InChI=1S/C15H19N3O2/c1-11-13(10-17-18-11)4-3-9-16-15(19)12-5-7-14(20-2)8-6-12/h5-8,10H,3-4,9H2,1-2H3,(H,16,19)(H,17,18). The zero-order valence-electron chi connectivity index (χ0n) is 11.8. The van der Waals surface area contributed by atoms with E-state index < -0.39 is 0 Å². The van der Waals surface area contributed by atoms with E-state index in [-0.39, 0.29) is 5.91 Å². The van der Waals surface area contributed by atoms with Crippen LogP contribution in [0.1, 0.15) is 28.0 Å². The molecule has 20 heavy (non-hydrogen) atoms. The van der Waals surface area contributed by atoms with Crippen LogP contribution in [0.2, 0.25) is 0 Å². The summed E-state index contributed by atoms with van der Waals surface area (Å²) in [5.41, 5.74) is 2.93. The lowest BCUT2D eigenvalue weighted by Gasteiger charge is -2.06. The Morgan fingerprint density at radius 2 is 2.10 bits per heavy atom. The molecule has 0 radical (unpaired) electrons. The molecule has 106 valence electrons. The molecule has 0 fully saturated rings. The van der Waals surface area contributed by atoms with Gasteiger partial charge in [-0.1, -0.05) is 0 Å². The van der Waals surface area contributed by atoms with Crippen molar-refractivity contribution in [2.24, 2.45) is 0 Å². The van der Waals surface area contributed by atoms with Gasteiger partial charge in [-0.2, -0.15) is 5.10 Å². The van der Waals surface area contributed by atoms with E-state index >= 15 is 0 Å². The van der Waals surface area contributed by atoms with Gasteiger partial charge in [-0.15, -0.1) is 0 Å². The van der Waals surface area contributed by atoms with Gasteiger partial charge < -0.3 is 10.1 Å². The minimum atomic E-state index is -0.0587. The predicted molar refractivity (Wildman–Crippen MR) is 77.0 cm³/mol. The highest BCUT2D eigenvalue weighted by Gasteiger charge is 2.05. The van der Waals surface area contributed by atoms with Crippen molar-refractivity contribution >= 4 is 5.91 Å². The number of benzene rings is 1. The van der Waals surface area contributed by atoms with Crippen LogP contribution < -0.4 is 10.1 Å². The number of aromatic amines is 1. The van der Waals surface area contributed by atoms with Gasteiger partial charge in [0, 0.05) is 17.8 Å². The molecule has 1 aromatic heterocycles. The molecule has 0 aliphatic heterocycles. The quantitative estimate of drug-likeness (QED) is 0.792. The molecule has 5 nitrogen and oxygen atoms in total. The molecular weight excluding hydrogens is 254 g/mol. The summed E-state index contributed by atoms with van der Waals surface area (Å²) in [5.74, 6) is 0.688. The van der Waals surface area contributed by atoms with E-state index in [1.807, 2.05) is 13.1 Å². The monoisotopic (exact) mass is 273 g/mol. The fourth-order valence-electron chi connectivity index (χ4n) is 1.95. The number of nitrogens with one attached hydrogen (secondary N) is 2. The van der Waals surface area contributed by atoms with E-state index in [2.05, 4.69) is 15.5 Å². The molecule has 0 spiro atoms. The first-order valence-corrected chi connectivity index (χ1v) is 6.62. The molecule has 0 bridgehead atoms. The van der Waals surface area contributed by atoms with Gasteiger partial charge in [0.1, 0.15) is 5.75 Å². The van der Waals surface area contributed by atoms with Crippen LogP contribution in [0.3, 0.4) is 0 Å². The number of rotatable bonds is 6. The molecule has 5 heteroatoms. The fraction of sp³-hybridized carbons (Fsp3) is 0.333. The number of carbonyl (C=O) groups is 1. The molecule has 2 rings (SSSR count). The molecule has 0 unspecified atom stereocenters. The average Bonchev–Trinajstić information content (AvgIpc) is 2.89. The molecule has 2 N–H and O–H groups in total. The summed E-state index contributed by atoms with van der Waals surface area (Å²) >= 11 is 0. The number of hydrogen-bond donors (Lipinski definition) is 2. The van der Waals surface area contributed by atoms with E-state index in [1.165, 1.54) is 5.56 Å². The number of aryl methyl sites for hydroxylation is 2. The van der Waals surface area contributed by atoms with E-state index in [0.29, 0.717) is 12.1 Å². The normalized spacial score (nSPS) is 10.3. The largest absolute Gasteiger partial charge is 0.497 e. The van der Waals surface area contributed by atoms with Crippen molar-refractivity contribution in [1.29, 1.82) is 0 Å². The second-order valence-corrected chi connectivity index (χ2v) is 4.61. The van der Waals surface area contributed by atoms with Crippen molar-refractivity contribution in [2.45, 2.75) is 19.8 Å². The van der Waals surface area contributed by atoms with Crippen LogP contribution in [0, 0.1) is 6.92 Å². The van der Waals surface area contributed by atoms with Crippen molar-refractivity contribution in [3.8, 4) is 5.75 Å². The number of ether oxygens (including phenoxy) is 1. The fourth-order valence-corrected chi connectivity index (χ4v) is 1.95. The van der Waals surface area contributed by atoms with Gasteiger partial charge in [0.25, 0.3) is 5.91 Å². The number of amides is 1. The molecule has 1 aromatic carbocycles. The molecule has 2 aromatic rings. The van der Waals surface area contributed by atoms with Gasteiger partial charge in [-0.25, -0.2) is 0 Å². The Hall–Kier alpha value is -2.30. The third-order valence-corrected chi connectivity index (χ3v) is 3.19. The zero-order chi connectivity index (χ0) is 14.4. The summed E-state index contributed by atoms with van der Waals surface area (Å²) in [4.78, 5) is 11.9. The first-order chi connectivity index (χ1) is 9.70. The minimum absolute atomic E-state index is 0.0587. The first kappa shape index (κ1) is 14.1. The van der Waals surface area contributed by atoms with E-state index in [1.54, 1.807) is 31.4 Å². The number of hydrogen-bond acceptors (Lipinski definition) is 3. The summed E-state index contributed by atoms with van der Waals surface area (Å²) in [6.45, 7) is 2.65. The zero-order valence-corrected chi connectivity index (χ0v) is 11.8. The molecule has 0 aliphatic rings. The lowest BCUT2D eigenvalue weighted by molar-refractivity contribution is 0.0953. The molecule has 1 heterocycles. The number of H-pyrrole nitrogens is 1. The van der Waals surface area contributed by atoms with Crippen molar-refractivity contribution in [3.63, 3.8) is 0 Å². The van der Waals surface area contributed by atoms with Crippen LogP contribution in [-0.2, 0) is 6.42 Å². The average molecular weight is 273 g/mol. The van der Waals surface area contributed by atoms with Crippen LogP contribution in [-0.4, -0.2) is 29.8 Å². The first-order valence-electron chi connectivity index (χ1n) is 6.62. The Kier molecular flexibility index (Phi) is 4.76. The highest BCUT2D eigenvalue weighted by molar-refractivity contribution is 5.94. The third kappa shape index (κ3) is 3.60. The predicted octanol–water partition coefficient (Wildman–Crippen LogP) is 2.09. The van der Waals surface area contributed by atoms with E-state index in [0.717, 1.165) is 24.3 Å². The lowest BCUT2D eigenvalue weighted by atomic mass is 10.1. The molecule has 0 aliphatic carbocycles. The highest BCUT2D eigenvalue weighted by atomic mass is 16.5. The summed E-state index contributed by atoms with van der Waals surface area (Å²) in [6.07, 6.45) is 3.63. The maximum absolute atomic E-state index is 11.9. The Bertz CT molecular complexity index is 561. The Morgan fingerprint density at radius 3 is 2.70 bits per heavy atom. The van der Waals surface area contributed by atoms with Gasteiger partial charge in [0.2, 0.25) is 0 Å². The van der Waals surface area contributed by atoms with Crippen molar-refractivity contribution in [1.82, 2.24) is 15.5 Å². The Balaban J connectivity index is 1.76. The van der Waals surface area contributed by atoms with Crippen LogP contribution >= 0.6 is 0 Å². The van der Waals surface area contributed by atoms with Crippen molar-refractivity contribution in [3.05, 3.63) is 47.3 Å². The smallest absolute Gasteiger partial charge is 0.251 e. The van der Waals surface area contributed by atoms with E-state index in [4.69, 9.17) is 4.74 Å². The van der Waals surface area contributed by atoms with Crippen LogP contribution in [0.25, 0.3) is 0 Å². The van der Waals surface area contributed by atoms with Gasteiger partial charge in [0.15, 0.2) is 0 Å². The molecule has 0 saturated carbocycles. The number of aromatic nitrogens is 2. The molecule has 0 atom stereocenters. The lowest BCUT2D eigenvalue weighted by Crippen LogP contribution is -2.24. The van der Waals surface area contributed by atoms with Gasteiger partial charge in [0.05, 0.1) is 13.3 Å². The van der Waals surface area contributed by atoms with Crippen LogP contribution in [0.15, 0.2) is 30.5 Å². The topological polar surface area (TPSA) is 67.0 Å². The Morgan fingerprint density at radius 1 is 1.35 bits per heavy atom. The summed E-state index contributed by atoms with van der Waals surface area (Å²) < 4.78 is 5.06. The van der Waals surface area contributed by atoms with Crippen LogP contribution in [0.5, 0.6) is 5.75 Å². The molecule has 0 saturated heterocycles. The van der Waals surface area contributed by atoms with Gasteiger partial charge in [-0.05, 0) is 49.6 Å². The second-order valence-electron chi connectivity index (χ2n) is 4.61. The SMILES string of the molecule is COc1ccc(C(=O)NCCCc2cn[nH]c2C)cc1. The minimum Gasteiger partial charge on any atom is -0.497 e. The van der Waals surface area contributed by atoms with Gasteiger partial charge >= 0.3 is 0 Å². The number of carbonyl (C=O) groups excluding carboxylic acids is 1. The number of methoxy groups -OCH3 is 1. The molecule has 1 amide bonds. The Labute approximate surface area is 118 Å². The van der Waals surface area contributed by atoms with Crippen LogP contribution in [0.4, 0.5) is 0 Å². The summed E-state index contributed by atoms with van der Waals surface area (Å²) in [6, 6.07) is 7.08.